The predicted octanol–water partition coefficient (Wildman–Crippen LogP) is 7.25. The Bertz CT molecular complexity index is 2160. The summed E-state index contributed by atoms with van der Waals surface area (Å²) < 4.78 is 41.9. The number of carbonyl (C=O) groups is 1. The molecule has 1 fully saturated rings. The van der Waals surface area contributed by atoms with Gasteiger partial charge in [0.05, 0.1) is 28.0 Å². The van der Waals surface area contributed by atoms with Crippen LogP contribution in [0.4, 0.5) is 8.78 Å². The van der Waals surface area contributed by atoms with Crippen LogP contribution in [0.25, 0.3) is 21.3 Å². The molecular formula is C37H35ClF2N4O5S. The van der Waals surface area contributed by atoms with Crippen LogP contribution in [0.3, 0.4) is 0 Å². The summed E-state index contributed by atoms with van der Waals surface area (Å²) in [5.74, 6) is -1.12. The standard InChI is InChI=1S/C37H35ClF2N4O5S/c1-20-15-27(35-34(41-20)29(19-50-35)37(46)47)26-16-22(38)3-7-32(26)48-14-13-44-21(2)42-31-6-5-24(18-28(31)36(44)45)43-11-9-25(10-12-43)49-33-8-4-23(39)17-30(33)40/h3-4,7-8,15-17,19,24-25H,5-6,9-14,18H2,1-2H3,(H,46,47)/t24-/m1/s1. The third kappa shape index (κ3) is 6.84. The van der Waals surface area contributed by atoms with Crippen molar-refractivity contribution in [3.8, 4) is 22.6 Å². The van der Waals surface area contributed by atoms with Crippen LogP contribution in [0.1, 0.15) is 52.4 Å². The number of aromatic carboxylic acids is 1. The van der Waals surface area contributed by atoms with Crippen LogP contribution in [0.15, 0.2) is 52.6 Å². The maximum atomic E-state index is 14.1. The van der Waals surface area contributed by atoms with Gasteiger partial charge in [-0.15, -0.1) is 11.3 Å². The van der Waals surface area contributed by atoms with Crippen LogP contribution >= 0.6 is 22.9 Å². The van der Waals surface area contributed by atoms with Gasteiger partial charge in [-0.3, -0.25) is 19.2 Å². The Labute approximate surface area is 296 Å². The van der Waals surface area contributed by atoms with Gasteiger partial charge in [0.1, 0.15) is 30.1 Å². The zero-order valence-electron chi connectivity index (χ0n) is 27.5. The predicted molar refractivity (Wildman–Crippen MR) is 188 cm³/mol. The summed E-state index contributed by atoms with van der Waals surface area (Å²) in [5, 5.41) is 11.8. The van der Waals surface area contributed by atoms with Gasteiger partial charge in [0.25, 0.3) is 5.56 Å². The van der Waals surface area contributed by atoms with Crippen LogP contribution in [0.5, 0.6) is 11.5 Å². The fraction of sp³-hybridized carbons (Fsp3) is 0.351. The average molecular weight is 721 g/mol. The highest BCUT2D eigenvalue weighted by atomic mass is 35.5. The lowest BCUT2D eigenvalue weighted by atomic mass is 9.90. The second-order valence-corrected chi connectivity index (χ2v) is 14.1. The summed E-state index contributed by atoms with van der Waals surface area (Å²) >= 11 is 7.73. The molecule has 1 aliphatic heterocycles. The Morgan fingerprint density at radius 2 is 1.82 bits per heavy atom. The minimum absolute atomic E-state index is 0.0617. The third-order valence-electron chi connectivity index (χ3n) is 9.56. The smallest absolute Gasteiger partial charge is 0.338 e. The van der Waals surface area contributed by atoms with Gasteiger partial charge in [-0.1, -0.05) is 11.6 Å². The molecule has 0 unspecified atom stereocenters. The number of carboxylic acids is 1. The molecule has 0 bridgehead atoms. The quantitative estimate of drug-likeness (QED) is 0.170. The lowest BCUT2D eigenvalue weighted by Gasteiger charge is -2.39. The number of likely N-dealkylation sites (tertiary alicyclic amines) is 1. The van der Waals surface area contributed by atoms with Gasteiger partial charge in [0, 0.05) is 58.0 Å². The molecule has 1 aliphatic carbocycles. The monoisotopic (exact) mass is 720 g/mol. The van der Waals surface area contributed by atoms with E-state index in [1.54, 1.807) is 28.1 Å². The van der Waals surface area contributed by atoms with Crippen molar-refractivity contribution in [2.24, 2.45) is 0 Å². The molecule has 1 N–H and O–H groups in total. The number of halogens is 3. The molecule has 2 aliphatic rings. The van der Waals surface area contributed by atoms with E-state index in [1.807, 2.05) is 19.9 Å². The molecule has 0 saturated carbocycles. The van der Waals surface area contributed by atoms with Crippen molar-refractivity contribution in [1.29, 1.82) is 0 Å². The number of carboxylic acid groups (broad SMARTS) is 1. The van der Waals surface area contributed by atoms with Gasteiger partial charge >= 0.3 is 5.97 Å². The van der Waals surface area contributed by atoms with Gasteiger partial charge in [-0.05, 0) is 82.3 Å². The molecule has 4 heterocycles. The Morgan fingerprint density at radius 3 is 2.58 bits per heavy atom. The number of rotatable bonds is 9. The number of piperidine rings is 1. The molecule has 1 saturated heterocycles. The van der Waals surface area contributed by atoms with E-state index in [0.717, 1.165) is 47.1 Å². The van der Waals surface area contributed by atoms with E-state index in [1.165, 1.54) is 23.5 Å². The topological polar surface area (TPSA) is 107 Å². The zero-order chi connectivity index (χ0) is 35.1. The van der Waals surface area contributed by atoms with Crippen molar-refractivity contribution >= 4 is 39.1 Å². The highest BCUT2D eigenvalue weighted by molar-refractivity contribution is 7.18. The van der Waals surface area contributed by atoms with Crippen LogP contribution in [-0.4, -0.2) is 62.4 Å². The van der Waals surface area contributed by atoms with Gasteiger partial charge in [-0.25, -0.2) is 18.6 Å². The highest BCUT2D eigenvalue weighted by Crippen LogP contribution is 2.40. The molecule has 2 aromatic carbocycles. The van der Waals surface area contributed by atoms with Crippen molar-refractivity contribution in [1.82, 2.24) is 19.4 Å². The first kappa shape index (κ1) is 34.1. The maximum Gasteiger partial charge on any atom is 0.338 e. The molecule has 7 rings (SSSR count). The minimum Gasteiger partial charge on any atom is -0.491 e. The molecule has 0 radical (unpaired) electrons. The highest BCUT2D eigenvalue weighted by Gasteiger charge is 2.31. The Morgan fingerprint density at radius 1 is 1.04 bits per heavy atom. The molecule has 0 spiro atoms. The molecule has 9 nitrogen and oxygen atoms in total. The van der Waals surface area contributed by atoms with Crippen molar-refractivity contribution in [3.63, 3.8) is 0 Å². The van der Waals surface area contributed by atoms with E-state index >= 15 is 0 Å². The van der Waals surface area contributed by atoms with Crippen LogP contribution < -0.4 is 15.0 Å². The number of ether oxygens (including phenoxy) is 2. The summed E-state index contributed by atoms with van der Waals surface area (Å²) in [6.45, 7) is 5.64. The Kier molecular flexibility index (Phi) is 9.60. The lowest BCUT2D eigenvalue weighted by Crippen LogP contribution is -2.47. The number of nitrogens with zero attached hydrogens (tertiary/aromatic N) is 4. The zero-order valence-corrected chi connectivity index (χ0v) is 29.1. The van der Waals surface area contributed by atoms with E-state index in [-0.39, 0.29) is 42.2 Å². The normalized spacial score (nSPS) is 16.8. The second-order valence-electron chi connectivity index (χ2n) is 12.8. The molecule has 3 aromatic heterocycles. The Balaban J connectivity index is 1.04. The first-order valence-electron chi connectivity index (χ1n) is 16.6. The van der Waals surface area contributed by atoms with Crippen LogP contribution in [0.2, 0.25) is 5.02 Å². The van der Waals surface area contributed by atoms with E-state index in [4.69, 9.17) is 26.1 Å². The van der Waals surface area contributed by atoms with E-state index in [9.17, 15) is 23.5 Å². The lowest BCUT2D eigenvalue weighted by molar-refractivity contribution is 0.0680. The summed E-state index contributed by atoms with van der Waals surface area (Å²) in [5.41, 5.74) is 4.23. The van der Waals surface area contributed by atoms with E-state index in [2.05, 4.69) is 9.88 Å². The fourth-order valence-corrected chi connectivity index (χ4v) is 8.25. The molecule has 5 aromatic rings. The molecule has 50 heavy (non-hydrogen) atoms. The minimum atomic E-state index is -1.04. The summed E-state index contributed by atoms with van der Waals surface area (Å²) in [7, 11) is 0. The van der Waals surface area contributed by atoms with Gasteiger partial charge in [0.15, 0.2) is 11.6 Å². The van der Waals surface area contributed by atoms with E-state index in [0.29, 0.717) is 59.1 Å². The number of hydrogen-bond acceptors (Lipinski definition) is 8. The largest absolute Gasteiger partial charge is 0.491 e. The van der Waals surface area contributed by atoms with Crippen molar-refractivity contribution in [2.45, 2.75) is 64.6 Å². The first-order valence-corrected chi connectivity index (χ1v) is 17.8. The summed E-state index contributed by atoms with van der Waals surface area (Å²) in [4.78, 5) is 37.4. The molecule has 13 heteroatoms. The number of thiophene rings is 1. The number of benzene rings is 2. The van der Waals surface area contributed by atoms with Gasteiger partial charge in [-0.2, -0.15) is 0 Å². The summed E-state index contributed by atoms with van der Waals surface area (Å²) in [6, 6.07) is 10.7. The summed E-state index contributed by atoms with van der Waals surface area (Å²) in [6.07, 6.45) is 3.45. The molecule has 260 valence electrons. The van der Waals surface area contributed by atoms with Crippen molar-refractivity contribution < 1.29 is 28.2 Å². The van der Waals surface area contributed by atoms with Crippen LogP contribution in [-0.2, 0) is 19.4 Å². The van der Waals surface area contributed by atoms with Crippen LogP contribution in [0, 0.1) is 25.5 Å². The van der Waals surface area contributed by atoms with Gasteiger partial charge in [0.2, 0.25) is 0 Å². The molecular weight excluding hydrogens is 686 g/mol. The Hall–Kier alpha value is -4.39. The number of pyridine rings is 1. The molecule has 0 amide bonds. The first-order chi connectivity index (χ1) is 24.0. The third-order valence-corrected chi connectivity index (χ3v) is 10.8. The second kappa shape index (κ2) is 14.1. The fourth-order valence-electron chi connectivity index (χ4n) is 7.07. The number of fused-ring (bicyclic) bond motifs is 2. The SMILES string of the molecule is Cc1cc(-c2cc(Cl)ccc2OCCn2c(C)nc3c(c2=O)C[C@H](N2CCC(Oc4ccc(F)cc4F)CC2)CC3)c2scc(C(=O)O)c2n1. The maximum absolute atomic E-state index is 14.1. The number of aryl methyl sites for hydroxylation is 3. The van der Waals surface area contributed by atoms with Crippen molar-refractivity contribution in [2.75, 3.05) is 19.7 Å². The van der Waals surface area contributed by atoms with Crippen molar-refractivity contribution in [3.05, 3.63) is 103 Å². The number of aromatic nitrogens is 3. The number of hydrogen-bond donors (Lipinski definition) is 1. The van der Waals surface area contributed by atoms with Gasteiger partial charge < -0.3 is 14.6 Å². The molecule has 1 atom stereocenters. The average Bonchev–Trinajstić information content (AvgIpc) is 3.52. The van der Waals surface area contributed by atoms with E-state index < -0.39 is 17.6 Å².